The Bertz CT molecular complexity index is 1160. The Morgan fingerprint density at radius 1 is 0.644 bits per heavy atom. The summed E-state index contributed by atoms with van der Waals surface area (Å²) < 4.78 is 0. The molecule has 246 valence electrons. The van der Waals surface area contributed by atoms with Crippen molar-refractivity contribution >= 4 is 35.3 Å². The van der Waals surface area contributed by atoms with Crippen LogP contribution in [0.2, 0.25) is 0 Å². The van der Waals surface area contributed by atoms with Gasteiger partial charge in [0.1, 0.15) is 0 Å². The van der Waals surface area contributed by atoms with Crippen LogP contribution >= 0.6 is 0 Å². The lowest BCUT2D eigenvalue weighted by molar-refractivity contribution is -0.170. The number of aliphatic carboxylic acids is 3. The summed E-state index contributed by atoms with van der Waals surface area (Å²) in [6.07, 6.45) is -2.29. The van der Waals surface area contributed by atoms with Crippen LogP contribution in [0.25, 0.3) is 0 Å². The van der Waals surface area contributed by atoms with E-state index in [0.29, 0.717) is 13.1 Å². The average Bonchev–Trinajstić information content (AvgIpc) is 3.02. The molecule has 2 heterocycles. The lowest BCUT2D eigenvalue weighted by Gasteiger charge is -2.38. The van der Waals surface area contributed by atoms with E-state index >= 15 is 0 Å². The molecule has 0 saturated carbocycles. The highest BCUT2D eigenvalue weighted by molar-refractivity contribution is 5.88. The van der Waals surface area contributed by atoms with E-state index in [0.717, 1.165) is 65.4 Å². The molecule has 14 nitrogen and oxygen atoms in total. The standard InChI is InChI=1S/C25H36N6O.C6H8O7/c26-25(32)31(21-15-27-11-17-29(18-12-27)23-7-3-1-4-8-23)22-16-28-13-19-30(20-14-28)24-9-5-2-6-10-24;7-3(8)1-6(13,5(11)12)2-4(9)10/h1-10H,11-22H2,(H2,26,32);13H,1-2H2,(H,7,8)(H,9,10)(H,11,12). The molecule has 0 bridgehead atoms. The van der Waals surface area contributed by atoms with Crippen molar-refractivity contribution in [3.8, 4) is 0 Å². The predicted octanol–water partition coefficient (Wildman–Crippen LogP) is 0.763. The van der Waals surface area contributed by atoms with Gasteiger partial charge in [0.25, 0.3) is 0 Å². The maximum atomic E-state index is 12.0. The summed E-state index contributed by atoms with van der Waals surface area (Å²) in [4.78, 5) is 54.0. The smallest absolute Gasteiger partial charge is 0.336 e. The van der Waals surface area contributed by atoms with E-state index in [1.165, 1.54) is 11.4 Å². The number of carboxylic acid groups (broad SMARTS) is 3. The zero-order valence-electron chi connectivity index (χ0n) is 25.4. The van der Waals surface area contributed by atoms with E-state index in [2.05, 4.69) is 80.3 Å². The van der Waals surface area contributed by atoms with Crippen LogP contribution in [0.4, 0.5) is 16.2 Å². The SMILES string of the molecule is NC(=O)N(CCN1CCN(c2ccccc2)CC1)CCN1CCN(c2ccccc2)CC1.O=C(O)CC(O)(CC(=O)O)C(=O)O. The first kappa shape index (κ1) is 35.1. The Morgan fingerprint density at radius 2 is 1.00 bits per heavy atom. The molecule has 2 amide bonds. The quantitative estimate of drug-likeness (QED) is 0.210. The van der Waals surface area contributed by atoms with Gasteiger partial charge in [-0.1, -0.05) is 36.4 Å². The highest BCUT2D eigenvalue weighted by atomic mass is 16.4. The zero-order valence-corrected chi connectivity index (χ0v) is 25.4. The average molecular weight is 629 g/mol. The fourth-order valence-corrected chi connectivity index (χ4v) is 5.31. The van der Waals surface area contributed by atoms with Crippen molar-refractivity contribution in [1.29, 1.82) is 0 Å². The summed E-state index contributed by atoms with van der Waals surface area (Å²) in [5.41, 5.74) is 5.54. The van der Waals surface area contributed by atoms with Crippen LogP contribution in [0.1, 0.15) is 12.8 Å². The summed E-state index contributed by atoms with van der Waals surface area (Å²) in [6.45, 7) is 11.3. The number of amides is 2. The molecule has 0 atom stereocenters. The molecule has 6 N–H and O–H groups in total. The summed E-state index contributed by atoms with van der Waals surface area (Å²) in [5.74, 6) is -5.02. The number of nitrogens with zero attached hydrogens (tertiary/aromatic N) is 5. The van der Waals surface area contributed by atoms with E-state index < -0.39 is 36.4 Å². The summed E-state index contributed by atoms with van der Waals surface area (Å²) in [5, 5.41) is 33.8. The van der Waals surface area contributed by atoms with Crippen LogP contribution in [-0.4, -0.2) is 143 Å². The number of piperazine rings is 2. The van der Waals surface area contributed by atoms with Crippen molar-refractivity contribution in [2.24, 2.45) is 5.73 Å². The fraction of sp³-hybridized carbons (Fsp3) is 0.484. The van der Waals surface area contributed by atoms with Crippen LogP contribution in [0.5, 0.6) is 0 Å². The largest absolute Gasteiger partial charge is 0.481 e. The molecule has 2 aliphatic rings. The van der Waals surface area contributed by atoms with Crippen molar-refractivity contribution in [1.82, 2.24) is 14.7 Å². The predicted molar refractivity (Wildman–Crippen MR) is 168 cm³/mol. The molecule has 0 aliphatic carbocycles. The minimum atomic E-state index is -2.74. The topological polar surface area (TPSA) is 191 Å². The number of carboxylic acids is 3. The normalized spacial score (nSPS) is 15.9. The van der Waals surface area contributed by atoms with Gasteiger partial charge in [0, 0.05) is 89.9 Å². The fourth-order valence-electron chi connectivity index (χ4n) is 5.31. The molecule has 4 rings (SSSR count). The molecule has 45 heavy (non-hydrogen) atoms. The second-order valence-corrected chi connectivity index (χ2v) is 11.1. The molecule has 0 aromatic heterocycles. The molecule has 2 aromatic carbocycles. The number of benzene rings is 2. The monoisotopic (exact) mass is 628 g/mol. The number of hydrogen-bond donors (Lipinski definition) is 5. The first-order valence-corrected chi connectivity index (χ1v) is 15.0. The summed E-state index contributed by atoms with van der Waals surface area (Å²) in [6, 6.07) is 20.9. The third kappa shape index (κ3) is 11.6. The third-order valence-corrected chi connectivity index (χ3v) is 7.96. The second kappa shape index (κ2) is 17.2. The molecule has 0 unspecified atom stereocenters. The summed E-state index contributed by atoms with van der Waals surface area (Å²) in [7, 11) is 0. The number of hydrogen-bond acceptors (Lipinski definition) is 9. The number of urea groups is 1. The van der Waals surface area contributed by atoms with Crippen molar-refractivity contribution in [2.45, 2.75) is 18.4 Å². The lowest BCUT2D eigenvalue weighted by Crippen LogP contribution is -2.52. The lowest BCUT2D eigenvalue weighted by atomic mass is 9.96. The van der Waals surface area contributed by atoms with Crippen LogP contribution in [-0.2, 0) is 14.4 Å². The number of para-hydroxylation sites is 2. The molecular formula is C31H44N6O8. The number of primary amides is 1. The van der Waals surface area contributed by atoms with Gasteiger partial charge in [-0.05, 0) is 24.3 Å². The Labute approximate surface area is 262 Å². The second-order valence-electron chi connectivity index (χ2n) is 11.1. The first-order valence-electron chi connectivity index (χ1n) is 15.0. The number of rotatable bonds is 13. The maximum absolute atomic E-state index is 12.0. The van der Waals surface area contributed by atoms with Crippen molar-refractivity contribution in [2.75, 3.05) is 88.3 Å². The molecule has 2 fully saturated rings. The van der Waals surface area contributed by atoms with Gasteiger partial charge in [0.15, 0.2) is 5.60 Å². The van der Waals surface area contributed by atoms with Gasteiger partial charge >= 0.3 is 23.9 Å². The van der Waals surface area contributed by atoms with Crippen LogP contribution in [0, 0.1) is 0 Å². The van der Waals surface area contributed by atoms with Gasteiger partial charge in [-0.2, -0.15) is 0 Å². The van der Waals surface area contributed by atoms with Crippen molar-refractivity contribution in [3.63, 3.8) is 0 Å². The zero-order chi connectivity index (χ0) is 32.8. The Hall–Kier alpha value is -4.40. The summed E-state index contributed by atoms with van der Waals surface area (Å²) >= 11 is 0. The van der Waals surface area contributed by atoms with Crippen LogP contribution in [0.3, 0.4) is 0 Å². The highest BCUT2D eigenvalue weighted by Crippen LogP contribution is 2.17. The molecular weight excluding hydrogens is 584 g/mol. The third-order valence-electron chi connectivity index (χ3n) is 7.96. The molecule has 0 radical (unpaired) electrons. The van der Waals surface area contributed by atoms with E-state index in [9.17, 15) is 19.2 Å². The Kier molecular flexibility index (Phi) is 13.4. The minimum Gasteiger partial charge on any atom is -0.481 e. The van der Waals surface area contributed by atoms with E-state index in [4.69, 9.17) is 26.2 Å². The Morgan fingerprint density at radius 3 is 1.29 bits per heavy atom. The first-order chi connectivity index (χ1) is 21.5. The minimum absolute atomic E-state index is 0.309. The maximum Gasteiger partial charge on any atom is 0.336 e. The molecule has 2 aromatic rings. The van der Waals surface area contributed by atoms with Gasteiger partial charge in [-0.15, -0.1) is 0 Å². The van der Waals surface area contributed by atoms with Gasteiger partial charge in [-0.3, -0.25) is 19.4 Å². The van der Waals surface area contributed by atoms with Gasteiger partial charge in [0.05, 0.1) is 12.8 Å². The van der Waals surface area contributed by atoms with E-state index in [1.807, 2.05) is 4.90 Å². The van der Waals surface area contributed by atoms with E-state index in [1.54, 1.807) is 0 Å². The van der Waals surface area contributed by atoms with Crippen LogP contribution in [0.15, 0.2) is 60.7 Å². The van der Waals surface area contributed by atoms with E-state index in [-0.39, 0.29) is 6.03 Å². The highest BCUT2D eigenvalue weighted by Gasteiger charge is 2.40. The number of aliphatic hydroxyl groups is 1. The van der Waals surface area contributed by atoms with Crippen molar-refractivity contribution in [3.05, 3.63) is 60.7 Å². The molecule has 0 spiro atoms. The van der Waals surface area contributed by atoms with Gasteiger partial charge in [-0.25, -0.2) is 9.59 Å². The van der Waals surface area contributed by atoms with Crippen LogP contribution < -0.4 is 15.5 Å². The van der Waals surface area contributed by atoms with Gasteiger partial charge < -0.3 is 40.9 Å². The molecule has 14 heteroatoms. The number of carbonyl (C=O) groups excluding carboxylic acids is 1. The number of anilines is 2. The van der Waals surface area contributed by atoms with Crippen molar-refractivity contribution < 1.29 is 39.6 Å². The number of nitrogens with two attached hydrogens (primary N) is 1. The molecule has 2 aliphatic heterocycles. The van der Waals surface area contributed by atoms with Gasteiger partial charge in [0.2, 0.25) is 0 Å². The molecule has 2 saturated heterocycles. The Balaban J connectivity index is 0.000000360. The number of carbonyl (C=O) groups is 4.